The molecular weight excluding hydrogens is 317 g/mol. The van der Waals surface area contributed by atoms with Crippen molar-refractivity contribution in [1.29, 1.82) is 0 Å². The molecule has 0 aliphatic carbocycles. The molecule has 2 aromatic rings. The van der Waals surface area contributed by atoms with Crippen LogP contribution in [-0.2, 0) is 0 Å². The van der Waals surface area contributed by atoms with E-state index in [0.717, 1.165) is 18.2 Å². The van der Waals surface area contributed by atoms with Crippen LogP contribution in [0.1, 0.15) is 10.4 Å². The highest BCUT2D eigenvalue weighted by Gasteiger charge is 2.14. The van der Waals surface area contributed by atoms with Gasteiger partial charge in [-0.05, 0) is 40.2 Å². The molecule has 19 heavy (non-hydrogen) atoms. The van der Waals surface area contributed by atoms with Crippen molar-refractivity contribution in [2.24, 2.45) is 0 Å². The smallest absolute Gasteiger partial charge is 0.260 e. The van der Waals surface area contributed by atoms with E-state index in [1.165, 1.54) is 6.20 Å². The lowest BCUT2D eigenvalue weighted by Crippen LogP contribution is -2.14. The lowest BCUT2D eigenvalue weighted by molar-refractivity contribution is 0.102. The third-order valence-electron chi connectivity index (χ3n) is 2.30. The zero-order chi connectivity index (χ0) is 14.0. The summed E-state index contributed by atoms with van der Waals surface area (Å²) in [6, 6.07) is 4.67. The van der Waals surface area contributed by atoms with E-state index in [4.69, 9.17) is 5.73 Å². The topological polar surface area (TPSA) is 88.2 Å². The van der Waals surface area contributed by atoms with Crippen LogP contribution in [0.4, 0.5) is 15.9 Å². The minimum atomic E-state index is -0.671. The van der Waals surface area contributed by atoms with E-state index in [0.29, 0.717) is 10.2 Å². The maximum atomic E-state index is 13.0. The number of aromatic nitrogens is 1. The molecule has 0 aliphatic rings. The molecule has 0 saturated heterocycles. The van der Waals surface area contributed by atoms with Crippen LogP contribution in [0.5, 0.6) is 5.75 Å². The van der Waals surface area contributed by atoms with Gasteiger partial charge in [-0.2, -0.15) is 0 Å². The molecule has 0 spiro atoms. The number of hydrogen-bond acceptors (Lipinski definition) is 4. The summed E-state index contributed by atoms with van der Waals surface area (Å²) in [5.41, 5.74) is 5.77. The standard InChI is InChI=1S/C12H9BrFN3O2/c13-9-4-7(15)5-16-11(9)17-12(19)8-3-6(14)1-2-10(8)18/h1-5,18H,15H2,(H,16,17,19). The summed E-state index contributed by atoms with van der Waals surface area (Å²) in [5, 5.41) is 12.0. The largest absolute Gasteiger partial charge is 0.507 e. The van der Waals surface area contributed by atoms with E-state index in [1.54, 1.807) is 6.07 Å². The summed E-state index contributed by atoms with van der Waals surface area (Å²) in [4.78, 5) is 15.8. The third kappa shape index (κ3) is 3.00. The average molecular weight is 326 g/mol. The minimum Gasteiger partial charge on any atom is -0.507 e. The second kappa shape index (κ2) is 5.23. The first kappa shape index (κ1) is 13.3. The van der Waals surface area contributed by atoms with E-state index in [-0.39, 0.29) is 17.1 Å². The Morgan fingerprint density at radius 2 is 2.16 bits per heavy atom. The maximum Gasteiger partial charge on any atom is 0.260 e. The van der Waals surface area contributed by atoms with Gasteiger partial charge in [-0.25, -0.2) is 9.37 Å². The van der Waals surface area contributed by atoms with E-state index < -0.39 is 11.7 Å². The summed E-state index contributed by atoms with van der Waals surface area (Å²) >= 11 is 3.19. The molecule has 7 heteroatoms. The Hall–Kier alpha value is -2.15. The zero-order valence-electron chi connectivity index (χ0n) is 9.52. The van der Waals surface area contributed by atoms with Gasteiger partial charge in [0.25, 0.3) is 5.91 Å². The van der Waals surface area contributed by atoms with Crippen molar-refractivity contribution in [2.45, 2.75) is 0 Å². The number of halogens is 2. The molecule has 1 aromatic carbocycles. The number of nitrogens with zero attached hydrogens (tertiary/aromatic N) is 1. The Balaban J connectivity index is 2.28. The summed E-state index contributed by atoms with van der Waals surface area (Å²) in [7, 11) is 0. The number of nitrogens with two attached hydrogens (primary N) is 1. The number of pyridine rings is 1. The minimum absolute atomic E-state index is 0.175. The highest BCUT2D eigenvalue weighted by atomic mass is 79.9. The Kier molecular flexibility index (Phi) is 3.66. The van der Waals surface area contributed by atoms with Crippen LogP contribution in [0.2, 0.25) is 0 Å². The van der Waals surface area contributed by atoms with Crippen LogP contribution >= 0.6 is 15.9 Å². The number of carbonyl (C=O) groups excluding carboxylic acids is 1. The van der Waals surface area contributed by atoms with Crippen LogP contribution in [0, 0.1) is 5.82 Å². The number of amides is 1. The monoisotopic (exact) mass is 325 g/mol. The van der Waals surface area contributed by atoms with Gasteiger partial charge < -0.3 is 16.2 Å². The van der Waals surface area contributed by atoms with Crippen LogP contribution in [0.25, 0.3) is 0 Å². The van der Waals surface area contributed by atoms with Crippen LogP contribution < -0.4 is 11.1 Å². The van der Waals surface area contributed by atoms with E-state index in [1.807, 2.05) is 0 Å². The summed E-state index contributed by atoms with van der Waals surface area (Å²) in [6.45, 7) is 0. The first-order chi connectivity index (χ1) is 8.97. The molecule has 98 valence electrons. The lowest BCUT2D eigenvalue weighted by Gasteiger charge is -2.08. The van der Waals surface area contributed by atoms with Gasteiger partial charge in [-0.3, -0.25) is 4.79 Å². The SMILES string of the molecule is Nc1cnc(NC(=O)c2cc(F)ccc2O)c(Br)c1. The molecule has 0 unspecified atom stereocenters. The maximum absolute atomic E-state index is 13.0. The molecule has 2 rings (SSSR count). The summed E-state index contributed by atoms with van der Waals surface area (Å²) in [6.07, 6.45) is 1.37. The van der Waals surface area contributed by atoms with Gasteiger partial charge in [0.2, 0.25) is 0 Å². The fourth-order valence-electron chi connectivity index (χ4n) is 1.41. The lowest BCUT2D eigenvalue weighted by atomic mass is 10.2. The molecule has 1 amide bonds. The molecule has 1 aromatic heterocycles. The van der Waals surface area contributed by atoms with Crippen molar-refractivity contribution in [3.63, 3.8) is 0 Å². The van der Waals surface area contributed by atoms with Gasteiger partial charge >= 0.3 is 0 Å². The Morgan fingerprint density at radius 3 is 2.84 bits per heavy atom. The number of phenolic OH excluding ortho intramolecular Hbond substituents is 1. The summed E-state index contributed by atoms with van der Waals surface area (Å²) in [5.74, 6) is -1.38. The highest BCUT2D eigenvalue weighted by molar-refractivity contribution is 9.10. The second-order valence-corrected chi connectivity index (χ2v) is 4.57. The quantitative estimate of drug-likeness (QED) is 0.791. The van der Waals surface area contributed by atoms with E-state index in [9.17, 15) is 14.3 Å². The second-order valence-electron chi connectivity index (χ2n) is 3.71. The molecule has 5 nitrogen and oxygen atoms in total. The Bertz CT molecular complexity index is 649. The van der Waals surface area contributed by atoms with Crippen molar-refractivity contribution in [3.8, 4) is 5.75 Å². The number of aromatic hydroxyl groups is 1. The van der Waals surface area contributed by atoms with Crippen molar-refractivity contribution >= 4 is 33.3 Å². The van der Waals surface area contributed by atoms with Gasteiger partial charge in [-0.15, -0.1) is 0 Å². The molecular formula is C12H9BrFN3O2. The Morgan fingerprint density at radius 1 is 1.42 bits per heavy atom. The van der Waals surface area contributed by atoms with Gasteiger partial charge in [0.15, 0.2) is 0 Å². The average Bonchev–Trinajstić information content (AvgIpc) is 2.35. The Labute approximate surface area is 116 Å². The van der Waals surface area contributed by atoms with E-state index >= 15 is 0 Å². The molecule has 4 N–H and O–H groups in total. The molecule has 0 radical (unpaired) electrons. The van der Waals surface area contributed by atoms with Crippen LogP contribution in [0.3, 0.4) is 0 Å². The summed E-state index contributed by atoms with van der Waals surface area (Å²) < 4.78 is 13.5. The predicted octanol–water partition coefficient (Wildman–Crippen LogP) is 2.52. The number of anilines is 2. The van der Waals surface area contributed by atoms with E-state index in [2.05, 4.69) is 26.2 Å². The number of rotatable bonds is 2. The van der Waals surface area contributed by atoms with Crippen molar-refractivity contribution in [2.75, 3.05) is 11.1 Å². The van der Waals surface area contributed by atoms with Gasteiger partial charge in [0, 0.05) is 0 Å². The van der Waals surface area contributed by atoms with Crippen LogP contribution in [0.15, 0.2) is 34.9 Å². The fraction of sp³-hybridized carbons (Fsp3) is 0. The highest BCUT2D eigenvalue weighted by Crippen LogP contribution is 2.24. The third-order valence-corrected chi connectivity index (χ3v) is 2.90. The van der Waals surface area contributed by atoms with Gasteiger partial charge in [0.05, 0.1) is 21.9 Å². The van der Waals surface area contributed by atoms with Crippen molar-refractivity contribution in [1.82, 2.24) is 4.98 Å². The number of phenols is 1. The molecule has 0 saturated carbocycles. The molecule has 0 fully saturated rings. The first-order valence-corrected chi connectivity index (χ1v) is 5.97. The van der Waals surface area contributed by atoms with Gasteiger partial charge in [0.1, 0.15) is 17.4 Å². The van der Waals surface area contributed by atoms with Crippen molar-refractivity contribution < 1.29 is 14.3 Å². The normalized spacial score (nSPS) is 10.2. The number of carbonyl (C=O) groups is 1. The number of benzene rings is 1. The van der Waals surface area contributed by atoms with Crippen LogP contribution in [-0.4, -0.2) is 16.0 Å². The van der Waals surface area contributed by atoms with Gasteiger partial charge in [-0.1, -0.05) is 0 Å². The fourth-order valence-corrected chi connectivity index (χ4v) is 1.88. The van der Waals surface area contributed by atoms with Crippen molar-refractivity contribution in [3.05, 3.63) is 46.3 Å². The number of nitrogens with one attached hydrogen (secondary N) is 1. The predicted molar refractivity (Wildman–Crippen MR) is 72.4 cm³/mol. The number of hydrogen-bond donors (Lipinski definition) is 3. The molecule has 1 heterocycles. The molecule has 0 aliphatic heterocycles. The molecule has 0 bridgehead atoms. The molecule has 0 atom stereocenters. The first-order valence-electron chi connectivity index (χ1n) is 5.18. The number of nitrogen functional groups attached to an aromatic ring is 1. The zero-order valence-corrected chi connectivity index (χ0v) is 11.1.